The summed E-state index contributed by atoms with van der Waals surface area (Å²) in [6, 6.07) is 7.40. The molecule has 30 heavy (non-hydrogen) atoms. The van der Waals surface area contributed by atoms with E-state index in [1.807, 2.05) is 18.2 Å². The summed E-state index contributed by atoms with van der Waals surface area (Å²) in [6.07, 6.45) is 20.0. The highest BCUT2D eigenvalue weighted by Crippen LogP contribution is 2.28. The van der Waals surface area contributed by atoms with Gasteiger partial charge >= 0.3 is 5.97 Å². The average Bonchev–Trinajstić information content (AvgIpc) is 3.26. The number of allylic oxidation sites excluding steroid dienone is 4. The molecule has 1 aliphatic rings. The van der Waals surface area contributed by atoms with Crippen LogP contribution >= 0.6 is 0 Å². The van der Waals surface area contributed by atoms with Gasteiger partial charge < -0.3 is 15.0 Å². The Labute approximate surface area is 180 Å². The molecule has 0 unspecified atom stereocenters. The summed E-state index contributed by atoms with van der Waals surface area (Å²) in [5.41, 5.74) is 1.21. The van der Waals surface area contributed by atoms with E-state index in [1.165, 1.54) is 5.56 Å². The maximum Gasteiger partial charge on any atom is 0.303 e. The lowest BCUT2D eigenvalue weighted by molar-refractivity contribution is -0.136. The lowest BCUT2D eigenvalue weighted by Gasteiger charge is -2.17. The molecule has 1 aromatic carbocycles. The number of carbonyl (C=O) groups is 2. The van der Waals surface area contributed by atoms with Gasteiger partial charge in [0.2, 0.25) is 0 Å². The Bertz CT molecular complexity index is 689. The molecule has 0 radical (unpaired) electrons. The second kappa shape index (κ2) is 13.8. The fraction of sp³-hybridized carbons (Fsp3) is 0.538. The van der Waals surface area contributed by atoms with Crippen molar-refractivity contribution in [1.82, 2.24) is 0 Å². The molecule has 4 nitrogen and oxygen atoms in total. The third-order valence-corrected chi connectivity index (χ3v) is 6.05. The molecule has 0 heterocycles. The molecule has 0 bridgehead atoms. The van der Waals surface area contributed by atoms with Gasteiger partial charge in [0.1, 0.15) is 12.0 Å². The van der Waals surface area contributed by atoms with E-state index >= 15 is 0 Å². The Kier molecular flexibility index (Phi) is 11.0. The molecule has 164 valence electrons. The Balaban J connectivity index is 1.76. The summed E-state index contributed by atoms with van der Waals surface area (Å²) < 4.78 is 0. The predicted octanol–water partition coefficient (Wildman–Crippen LogP) is 6.09. The maximum absolute atomic E-state index is 11.4. The zero-order chi connectivity index (χ0) is 21.6. The number of phenols is 1. The molecule has 0 saturated carbocycles. The van der Waals surface area contributed by atoms with Crippen molar-refractivity contribution < 1.29 is 19.8 Å². The Morgan fingerprint density at radius 1 is 1.10 bits per heavy atom. The molecular weight excluding hydrogens is 376 g/mol. The van der Waals surface area contributed by atoms with E-state index in [0.717, 1.165) is 64.1 Å². The van der Waals surface area contributed by atoms with Gasteiger partial charge in [0, 0.05) is 12.3 Å². The lowest BCUT2D eigenvalue weighted by Crippen LogP contribution is -2.12. The van der Waals surface area contributed by atoms with Crippen LogP contribution in [0, 0.1) is 17.8 Å². The first-order chi connectivity index (χ1) is 14.6. The Hall–Kier alpha value is -2.36. The Morgan fingerprint density at radius 3 is 2.53 bits per heavy atom. The van der Waals surface area contributed by atoms with E-state index in [0.29, 0.717) is 18.3 Å². The monoisotopic (exact) mass is 412 g/mol. The molecule has 2 N–H and O–H groups in total. The maximum atomic E-state index is 11.4. The van der Waals surface area contributed by atoms with Crippen LogP contribution in [0.5, 0.6) is 5.75 Å². The van der Waals surface area contributed by atoms with Gasteiger partial charge in [-0.1, -0.05) is 55.7 Å². The topological polar surface area (TPSA) is 74.6 Å². The van der Waals surface area contributed by atoms with E-state index < -0.39 is 5.97 Å². The van der Waals surface area contributed by atoms with Crippen molar-refractivity contribution in [3.63, 3.8) is 0 Å². The second-order valence-corrected chi connectivity index (χ2v) is 8.48. The lowest BCUT2D eigenvalue weighted by atomic mass is 9.87. The Morgan fingerprint density at radius 2 is 1.87 bits per heavy atom. The van der Waals surface area contributed by atoms with Crippen molar-refractivity contribution in [1.29, 1.82) is 0 Å². The molecule has 2 rings (SSSR count). The molecule has 1 aromatic rings. The van der Waals surface area contributed by atoms with Crippen molar-refractivity contribution in [2.24, 2.45) is 17.8 Å². The van der Waals surface area contributed by atoms with Crippen molar-refractivity contribution >= 4 is 12.3 Å². The van der Waals surface area contributed by atoms with Crippen molar-refractivity contribution in [3.05, 3.63) is 54.1 Å². The van der Waals surface area contributed by atoms with Gasteiger partial charge in [-0.25, -0.2) is 0 Å². The predicted molar refractivity (Wildman–Crippen MR) is 120 cm³/mol. The van der Waals surface area contributed by atoms with Gasteiger partial charge in [-0.05, 0) is 74.5 Å². The number of benzene rings is 1. The fourth-order valence-corrected chi connectivity index (χ4v) is 4.27. The van der Waals surface area contributed by atoms with E-state index in [4.69, 9.17) is 5.11 Å². The summed E-state index contributed by atoms with van der Waals surface area (Å²) in [6.45, 7) is 0. The van der Waals surface area contributed by atoms with Gasteiger partial charge in [-0.3, -0.25) is 4.79 Å². The van der Waals surface area contributed by atoms with Gasteiger partial charge in [0.15, 0.2) is 0 Å². The van der Waals surface area contributed by atoms with Crippen LogP contribution in [0.1, 0.15) is 69.8 Å². The summed E-state index contributed by atoms with van der Waals surface area (Å²) in [7, 11) is 0. The van der Waals surface area contributed by atoms with Crippen LogP contribution in [0.2, 0.25) is 0 Å². The molecule has 3 atom stereocenters. The second-order valence-electron chi connectivity index (χ2n) is 8.48. The molecule has 0 aliphatic heterocycles. The van der Waals surface area contributed by atoms with Crippen LogP contribution in [0.25, 0.3) is 0 Å². The quantitative estimate of drug-likeness (QED) is 0.207. The molecule has 1 aliphatic carbocycles. The van der Waals surface area contributed by atoms with Gasteiger partial charge in [0.25, 0.3) is 0 Å². The first kappa shape index (κ1) is 23.9. The van der Waals surface area contributed by atoms with Crippen molar-refractivity contribution in [2.45, 2.75) is 70.6 Å². The number of aromatic hydroxyl groups is 1. The number of carbonyl (C=O) groups excluding carboxylic acids is 1. The van der Waals surface area contributed by atoms with E-state index in [-0.39, 0.29) is 18.1 Å². The molecule has 0 fully saturated rings. The number of hydrogen-bond donors (Lipinski definition) is 2. The van der Waals surface area contributed by atoms with Gasteiger partial charge in [0.05, 0.1) is 0 Å². The first-order valence-electron chi connectivity index (χ1n) is 11.3. The molecular formula is C26H36O4. The van der Waals surface area contributed by atoms with Crippen LogP contribution in [0.3, 0.4) is 0 Å². The highest BCUT2D eigenvalue weighted by molar-refractivity contribution is 5.66. The van der Waals surface area contributed by atoms with Crippen LogP contribution in [-0.4, -0.2) is 22.5 Å². The van der Waals surface area contributed by atoms with Gasteiger partial charge in [-0.2, -0.15) is 0 Å². The third-order valence-electron chi connectivity index (χ3n) is 6.05. The molecule has 0 spiro atoms. The highest BCUT2D eigenvalue weighted by Gasteiger charge is 2.20. The number of hydrogen-bond acceptors (Lipinski definition) is 3. The summed E-state index contributed by atoms with van der Waals surface area (Å²) >= 11 is 0. The minimum Gasteiger partial charge on any atom is -0.508 e. The minimum absolute atomic E-state index is 0.174. The largest absolute Gasteiger partial charge is 0.508 e. The third kappa shape index (κ3) is 9.43. The van der Waals surface area contributed by atoms with Crippen LogP contribution in [0.4, 0.5) is 0 Å². The molecule has 4 heteroatoms. The summed E-state index contributed by atoms with van der Waals surface area (Å²) in [5, 5.41) is 18.2. The van der Waals surface area contributed by atoms with Crippen molar-refractivity contribution in [3.8, 4) is 5.75 Å². The normalized spacial score (nSPS) is 17.9. The number of aliphatic carboxylic acids is 1. The van der Waals surface area contributed by atoms with Crippen LogP contribution < -0.4 is 0 Å². The zero-order valence-electron chi connectivity index (χ0n) is 17.9. The molecule has 0 amide bonds. The van der Waals surface area contributed by atoms with E-state index in [9.17, 15) is 14.7 Å². The number of rotatable bonds is 15. The van der Waals surface area contributed by atoms with E-state index in [2.05, 4.69) is 18.2 Å². The zero-order valence-corrected chi connectivity index (χ0v) is 17.9. The molecule has 0 aromatic heterocycles. The number of carboxylic acid groups (broad SMARTS) is 1. The number of carboxylic acids is 1. The van der Waals surface area contributed by atoms with E-state index in [1.54, 1.807) is 12.1 Å². The van der Waals surface area contributed by atoms with Crippen LogP contribution in [-0.2, 0) is 16.0 Å². The highest BCUT2D eigenvalue weighted by atomic mass is 16.4. The van der Waals surface area contributed by atoms with Crippen molar-refractivity contribution in [2.75, 3.05) is 0 Å². The van der Waals surface area contributed by atoms with Crippen LogP contribution in [0.15, 0.2) is 48.6 Å². The minimum atomic E-state index is -0.762. The molecule has 0 saturated heterocycles. The average molecular weight is 413 g/mol. The first-order valence-corrected chi connectivity index (χ1v) is 11.3. The van der Waals surface area contributed by atoms with Gasteiger partial charge in [-0.15, -0.1) is 0 Å². The fourth-order valence-electron chi connectivity index (χ4n) is 4.27. The standard InChI is InChI=1S/C26H36O4/c27-20-24(23-11-7-8-12-23)13-5-1-3-9-21(10-4-2-6-14-26(29)30)19-22-15-17-25(28)18-16-22/h2,4,7,11,15-18,20-21,23-24,28H,1,3,5-6,8-10,12-14,19H2,(H,29,30)/t21-,23-,24+/m0/s1. The summed E-state index contributed by atoms with van der Waals surface area (Å²) in [5.74, 6) is 0.636. The number of phenolic OH excluding ortho intramolecular Hbond substituents is 1. The SMILES string of the molecule is O=C[C@@H](CCCCC[C@@H](CC=CCCC(=O)O)Cc1ccc(O)cc1)[C@H]1C=CCC1. The summed E-state index contributed by atoms with van der Waals surface area (Å²) in [4.78, 5) is 22.1. The number of unbranched alkanes of at least 4 members (excludes halogenated alkanes) is 2. The smallest absolute Gasteiger partial charge is 0.303 e. The number of aldehydes is 1.